The van der Waals surface area contributed by atoms with E-state index in [1.807, 2.05) is 11.0 Å². The normalized spacial score (nSPS) is 36.0. The Kier molecular flexibility index (Phi) is 10.2. The number of rotatable bonds is 7. The van der Waals surface area contributed by atoms with Crippen molar-refractivity contribution in [2.45, 2.75) is 113 Å². The third kappa shape index (κ3) is 6.72. The van der Waals surface area contributed by atoms with Crippen molar-refractivity contribution < 1.29 is 18.7 Å². The number of fused-ring (bicyclic) bond motifs is 2. The van der Waals surface area contributed by atoms with Crippen molar-refractivity contribution in [2.75, 3.05) is 58.3 Å². The second-order valence-electron chi connectivity index (χ2n) is 15.8. The number of benzene rings is 1. The number of likely N-dealkylation sites (N-methyl/N-ethyl adjacent to an activating group) is 2. The van der Waals surface area contributed by atoms with Crippen molar-refractivity contribution in [1.29, 1.82) is 5.26 Å². The number of carbonyl (C=O) groups is 1. The van der Waals surface area contributed by atoms with Gasteiger partial charge in [0.1, 0.15) is 5.60 Å². The predicted molar refractivity (Wildman–Crippen MR) is 187 cm³/mol. The quantitative estimate of drug-likeness (QED) is 0.321. The summed E-state index contributed by atoms with van der Waals surface area (Å²) >= 11 is 0. The summed E-state index contributed by atoms with van der Waals surface area (Å²) in [7, 11) is 4.25. The number of carbonyl (C=O) groups excluding carboxylic acids is 1. The zero-order chi connectivity index (χ0) is 34.2. The lowest BCUT2D eigenvalue weighted by molar-refractivity contribution is -0.172. The van der Waals surface area contributed by atoms with Crippen LogP contribution in [0.25, 0.3) is 0 Å². The summed E-state index contributed by atoms with van der Waals surface area (Å²) in [6, 6.07) is 7.75. The maximum atomic E-state index is 15.4. The van der Waals surface area contributed by atoms with Crippen LogP contribution in [0.2, 0.25) is 0 Å². The number of nitrogens with one attached hydrogen (secondary N) is 2. The first-order chi connectivity index (χ1) is 23.8. The van der Waals surface area contributed by atoms with Gasteiger partial charge in [0.25, 0.3) is 0 Å². The molecule has 6 unspecified atom stereocenters. The fraction of sp³-hybridized carbons (Fsp3) is 0.737. The SMILES string of the molecule is C=CC(=O)N1CCN(C2NC(OCC3CCCN3C)NC3(C4CCCCCC4)C[C@]4(CCC23)CN(C)c2cccc(F)c2O4)CC1CC#N. The van der Waals surface area contributed by atoms with Gasteiger partial charge in [-0.15, -0.1) is 0 Å². The topological polar surface area (TPSA) is 96.3 Å². The number of hydrogen-bond donors (Lipinski definition) is 2. The van der Waals surface area contributed by atoms with Crippen molar-refractivity contribution in [3.05, 3.63) is 36.7 Å². The maximum absolute atomic E-state index is 15.4. The number of hydrogen-bond acceptors (Lipinski definition) is 9. The van der Waals surface area contributed by atoms with Gasteiger partial charge in [-0.05, 0) is 76.2 Å². The van der Waals surface area contributed by atoms with Gasteiger partial charge in [0, 0.05) is 50.6 Å². The molecular formula is C38H56FN7O3. The molecule has 4 heterocycles. The number of nitriles is 1. The van der Waals surface area contributed by atoms with Crippen LogP contribution in [0.3, 0.4) is 0 Å². The van der Waals surface area contributed by atoms with E-state index in [1.165, 1.54) is 44.2 Å². The summed E-state index contributed by atoms with van der Waals surface area (Å²) in [5.41, 5.74) is -0.0477. The van der Waals surface area contributed by atoms with Crippen molar-refractivity contribution >= 4 is 11.6 Å². The average molecular weight is 678 g/mol. The Labute approximate surface area is 291 Å². The molecule has 6 aliphatic rings. The van der Waals surface area contributed by atoms with E-state index < -0.39 is 5.60 Å². The van der Waals surface area contributed by atoms with Crippen LogP contribution >= 0.6 is 0 Å². The summed E-state index contributed by atoms with van der Waals surface area (Å²) in [6.45, 7) is 8.04. The zero-order valence-electron chi connectivity index (χ0n) is 29.5. The Bertz CT molecular complexity index is 1400. The van der Waals surface area contributed by atoms with Crippen molar-refractivity contribution in [3.8, 4) is 11.8 Å². The Morgan fingerprint density at radius 2 is 1.94 bits per heavy atom. The first kappa shape index (κ1) is 34.7. The minimum Gasteiger partial charge on any atom is -0.480 e. The Morgan fingerprint density at radius 1 is 1.12 bits per heavy atom. The minimum absolute atomic E-state index is 0.0133. The summed E-state index contributed by atoms with van der Waals surface area (Å²) < 4.78 is 29.2. The molecule has 1 spiro atoms. The molecule has 268 valence electrons. The summed E-state index contributed by atoms with van der Waals surface area (Å²) in [5, 5.41) is 17.9. The molecule has 1 aromatic carbocycles. The number of amides is 1. The molecule has 5 fully saturated rings. The van der Waals surface area contributed by atoms with Gasteiger partial charge in [0.05, 0.1) is 43.5 Å². The number of nitrogens with zero attached hydrogens (tertiary/aromatic N) is 5. The minimum atomic E-state index is -0.545. The van der Waals surface area contributed by atoms with E-state index in [1.54, 1.807) is 6.07 Å². The molecule has 0 radical (unpaired) electrons. The van der Waals surface area contributed by atoms with Crippen LogP contribution in [0.15, 0.2) is 30.9 Å². The molecule has 4 aliphatic heterocycles. The monoisotopic (exact) mass is 677 g/mol. The molecule has 7 atom stereocenters. The van der Waals surface area contributed by atoms with E-state index in [9.17, 15) is 10.1 Å². The first-order valence-electron chi connectivity index (χ1n) is 18.8. The van der Waals surface area contributed by atoms with Crippen LogP contribution in [-0.2, 0) is 9.53 Å². The molecule has 49 heavy (non-hydrogen) atoms. The van der Waals surface area contributed by atoms with Gasteiger partial charge in [-0.3, -0.25) is 20.3 Å². The number of piperazine rings is 1. The molecular weight excluding hydrogens is 621 g/mol. The van der Waals surface area contributed by atoms with Crippen LogP contribution < -0.4 is 20.3 Å². The van der Waals surface area contributed by atoms with Crippen LogP contribution in [-0.4, -0.2) is 110 Å². The number of halogens is 1. The maximum Gasteiger partial charge on any atom is 0.246 e. The molecule has 0 aromatic heterocycles. The summed E-state index contributed by atoms with van der Waals surface area (Å²) in [5.74, 6) is 0.601. The largest absolute Gasteiger partial charge is 0.480 e. The Morgan fingerprint density at radius 3 is 2.67 bits per heavy atom. The van der Waals surface area contributed by atoms with E-state index in [2.05, 4.69) is 52.1 Å². The number of likely N-dealkylation sites (tertiary alicyclic amines) is 1. The highest BCUT2D eigenvalue weighted by Crippen LogP contribution is 2.54. The molecule has 0 bridgehead atoms. The second kappa shape index (κ2) is 14.5. The van der Waals surface area contributed by atoms with Gasteiger partial charge in [0.15, 0.2) is 17.9 Å². The van der Waals surface area contributed by atoms with Gasteiger partial charge < -0.3 is 24.2 Å². The van der Waals surface area contributed by atoms with Crippen LogP contribution in [0, 0.1) is 29.0 Å². The number of ether oxygens (including phenoxy) is 2. The van der Waals surface area contributed by atoms with Crippen LogP contribution in [0.5, 0.6) is 5.75 Å². The smallest absolute Gasteiger partial charge is 0.246 e. The third-order valence-electron chi connectivity index (χ3n) is 12.9. The standard InChI is InChI=1S/C38H56FN7O3/c1-4-33(47)46-22-21-45(23-28(46)17-19-40)35-30-16-18-37(26-44(3)32-15-9-14-31(39)34(32)49-37)25-38(30,27-11-7-5-6-8-12-27)42-36(41-35)48-24-29-13-10-20-43(29)2/h4,9,14-15,27-30,35-36,41-42H,1,5-8,10-13,16-18,20-26H2,2-3H3/t28?,29?,30?,35?,36?,37-,38?/m1/s1. The lowest BCUT2D eigenvalue weighted by Gasteiger charge is -2.64. The van der Waals surface area contributed by atoms with Gasteiger partial charge >= 0.3 is 0 Å². The predicted octanol–water partition coefficient (Wildman–Crippen LogP) is 4.43. The highest BCUT2D eigenvalue weighted by molar-refractivity contribution is 5.87. The fourth-order valence-electron chi connectivity index (χ4n) is 10.5. The zero-order valence-corrected chi connectivity index (χ0v) is 29.5. The molecule has 1 amide bonds. The van der Waals surface area contributed by atoms with Gasteiger partial charge in [-0.2, -0.15) is 5.26 Å². The number of anilines is 1. The Hall–Kier alpha value is -2.75. The lowest BCUT2D eigenvalue weighted by Crippen LogP contribution is -2.80. The van der Waals surface area contributed by atoms with E-state index in [0.29, 0.717) is 50.5 Å². The number of para-hydroxylation sites is 1. The van der Waals surface area contributed by atoms with Gasteiger partial charge in [-0.1, -0.05) is 38.3 Å². The molecule has 3 saturated heterocycles. The molecule has 2 saturated carbocycles. The van der Waals surface area contributed by atoms with Crippen molar-refractivity contribution in [1.82, 2.24) is 25.3 Å². The van der Waals surface area contributed by atoms with Crippen molar-refractivity contribution in [2.24, 2.45) is 11.8 Å². The third-order valence-corrected chi connectivity index (χ3v) is 12.9. The lowest BCUT2D eigenvalue weighted by atomic mass is 9.57. The first-order valence-corrected chi connectivity index (χ1v) is 18.8. The van der Waals surface area contributed by atoms with Gasteiger partial charge in [-0.25, -0.2) is 4.39 Å². The molecule has 2 aliphatic carbocycles. The molecule has 2 N–H and O–H groups in total. The average Bonchev–Trinajstić information content (AvgIpc) is 3.31. The molecule has 7 rings (SSSR count). The fourth-order valence-corrected chi connectivity index (χ4v) is 10.5. The molecule has 10 nitrogen and oxygen atoms in total. The second-order valence-corrected chi connectivity index (χ2v) is 15.8. The van der Waals surface area contributed by atoms with Crippen molar-refractivity contribution in [3.63, 3.8) is 0 Å². The Balaban J connectivity index is 1.25. The molecule has 1 aromatic rings. The molecule has 11 heteroatoms. The van der Waals surface area contributed by atoms with E-state index in [0.717, 1.165) is 50.8 Å². The highest BCUT2D eigenvalue weighted by Gasteiger charge is 2.62. The van der Waals surface area contributed by atoms with Crippen LogP contribution in [0.1, 0.15) is 77.0 Å². The summed E-state index contributed by atoms with van der Waals surface area (Å²) in [6.07, 6.45) is 13.3. The van der Waals surface area contributed by atoms with E-state index in [4.69, 9.17) is 9.47 Å². The van der Waals surface area contributed by atoms with E-state index >= 15 is 4.39 Å². The van der Waals surface area contributed by atoms with Crippen LogP contribution in [0.4, 0.5) is 10.1 Å². The highest BCUT2D eigenvalue weighted by atomic mass is 19.1. The van der Waals surface area contributed by atoms with Gasteiger partial charge in [0.2, 0.25) is 5.91 Å². The van der Waals surface area contributed by atoms with E-state index in [-0.39, 0.29) is 48.2 Å². The summed E-state index contributed by atoms with van der Waals surface area (Å²) in [4.78, 5) is 21.7.